The Morgan fingerprint density at radius 1 is 0.474 bits per heavy atom. The van der Waals surface area contributed by atoms with Crippen molar-refractivity contribution >= 4 is 5.91 Å². The van der Waals surface area contributed by atoms with Crippen molar-refractivity contribution in [2.24, 2.45) is 0 Å². The summed E-state index contributed by atoms with van der Waals surface area (Å²) in [5.41, 5.74) is 0. The fourth-order valence-electron chi connectivity index (χ4n) is 8.60. The zero-order valence-corrected chi connectivity index (χ0v) is 47.3. The van der Waals surface area contributed by atoms with Crippen LogP contribution < -0.4 is 5.32 Å². The van der Waals surface area contributed by atoms with Crippen molar-refractivity contribution in [1.29, 1.82) is 0 Å². The molecule has 9 N–H and O–H groups in total. The Kier molecular flexibility index (Phi) is 43.1. The largest absolute Gasteiger partial charge is 0.394 e. The number of carbonyl (C=O) groups is 1. The SMILES string of the molecule is CC/C=C\C/C=C\C/C=C\C/C=C\C/C=C\C/C=C\C/C=C\C/C=C\C/C=C\CCCCCCCCCCCC(=O)NC(COC1OC(CO)C(OC2OC(CO)C(O)C(O)C2O)C(O)C1O)C(O)/C=C/CC/C=C/CCC. The van der Waals surface area contributed by atoms with Crippen LogP contribution in [0, 0.1) is 0 Å². The second kappa shape index (κ2) is 47.9. The van der Waals surface area contributed by atoms with Gasteiger partial charge in [-0.25, -0.2) is 0 Å². The summed E-state index contributed by atoms with van der Waals surface area (Å²) in [5.74, 6) is -0.268. The first-order chi connectivity index (χ1) is 38.1. The lowest BCUT2D eigenvalue weighted by atomic mass is 9.97. The number of aliphatic hydroxyl groups excluding tert-OH is 8. The lowest BCUT2D eigenvalue weighted by Crippen LogP contribution is -2.65. The van der Waals surface area contributed by atoms with Gasteiger partial charge in [-0.1, -0.05) is 199 Å². The summed E-state index contributed by atoms with van der Waals surface area (Å²) >= 11 is 0. The van der Waals surface area contributed by atoms with Gasteiger partial charge in [0.2, 0.25) is 5.91 Å². The lowest BCUT2D eigenvalue weighted by Gasteiger charge is -2.46. The van der Waals surface area contributed by atoms with Crippen molar-refractivity contribution in [3.63, 3.8) is 0 Å². The topological polar surface area (TPSA) is 228 Å². The van der Waals surface area contributed by atoms with E-state index in [9.17, 15) is 45.6 Å². The van der Waals surface area contributed by atoms with Crippen molar-refractivity contribution in [3.05, 3.63) is 134 Å². The average molecular weight is 1090 g/mol. The van der Waals surface area contributed by atoms with Crippen molar-refractivity contribution in [2.45, 2.75) is 242 Å². The normalized spacial score (nSPS) is 25.6. The molecule has 0 spiro atoms. The second-order valence-corrected chi connectivity index (χ2v) is 20.0. The van der Waals surface area contributed by atoms with Crippen LogP contribution in [0.3, 0.4) is 0 Å². The number of hydrogen-bond donors (Lipinski definition) is 9. The quantitative estimate of drug-likeness (QED) is 0.0205. The average Bonchev–Trinajstić information content (AvgIpc) is 3.47. The number of unbranched alkanes of at least 4 members (excludes halogenated alkanes) is 11. The van der Waals surface area contributed by atoms with Crippen LogP contribution in [0.15, 0.2) is 134 Å². The number of allylic oxidation sites excluding steroid dienone is 21. The number of amides is 1. The monoisotopic (exact) mass is 1090 g/mol. The van der Waals surface area contributed by atoms with Gasteiger partial charge in [-0.05, 0) is 96.3 Å². The smallest absolute Gasteiger partial charge is 0.220 e. The van der Waals surface area contributed by atoms with E-state index < -0.39 is 86.8 Å². The van der Waals surface area contributed by atoms with Gasteiger partial charge < -0.3 is 65.1 Å². The summed E-state index contributed by atoms with van der Waals surface area (Å²) in [6, 6.07) is -0.941. The minimum Gasteiger partial charge on any atom is -0.394 e. The molecule has 2 fully saturated rings. The molecule has 14 nitrogen and oxygen atoms in total. The van der Waals surface area contributed by atoms with Gasteiger partial charge in [0.05, 0.1) is 32.0 Å². The summed E-state index contributed by atoms with van der Waals surface area (Å²) in [7, 11) is 0. The maximum atomic E-state index is 13.2. The van der Waals surface area contributed by atoms with E-state index in [-0.39, 0.29) is 18.9 Å². The number of carbonyl (C=O) groups excluding carboxylic acids is 1. The van der Waals surface area contributed by atoms with Crippen LogP contribution in [0.2, 0.25) is 0 Å². The molecule has 0 aliphatic carbocycles. The molecule has 2 rings (SSSR count). The minimum atomic E-state index is -1.80. The number of rotatable bonds is 44. The lowest BCUT2D eigenvalue weighted by molar-refractivity contribution is -0.359. The van der Waals surface area contributed by atoms with E-state index >= 15 is 0 Å². The first-order valence-corrected chi connectivity index (χ1v) is 29.4. The van der Waals surface area contributed by atoms with E-state index in [2.05, 4.69) is 141 Å². The number of ether oxygens (including phenoxy) is 4. The Bertz CT molecular complexity index is 1820. The van der Waals surface area contributed by atoms with Crippen LogP contribution in [0.5, 0.6) is 0 Å². The fourth-order valence-corrected chi connectivity index (χ4v) is 8.60. The van der Waals surface area contributed by atoms with Gasteiger partial charge in [0.1, 0.15) is 48.8 Å². The molecule has 0 bridgehead atoms. The molecule has 1 amide bonds. The summed E-state index contributed by atoms with van der Waals surface area (Å²) < 4.78 is 22.6. The maximum absolute atomic E-state index is 13.2. The van der Waals surface area contributed by atoms with Crippen LogP contribution in [0.25, 0.3) is 0 Å². The van der Waals surface area contributed by atoms with Gasteiger partial charge >= 0.3 is 0 Å². The molecule has 12 unspecified atom stereocenters. The number of hydrogen-bond acceptors (Lipinski definition) is 13. The summed E-state index contributed by atoms with van der Waals surface area (Å²) in [5, 5.41) is 86.5. The third-order valence-electron chi connectivity index (χ3n) is 13.3. The Hall–Kier alpha value is -3.87. The Labute approximate surface area is 469 Å². The number of nitrogens with one attached hydrogen (secondary N) is 1. The van der Waals surface area contributed by atoms with E-state index in [4.69, 9.17) is 18.9 Å². The Morgan fingerprint density at radius 2 is 0.897 bits per heavy atom. The van der Waals surface area contributed by atoms with Crippen LogP contribution >= 0.6 is 0 Å². The number of aliphatic hydroxyl groups is 8. The molecule has 0 aromatic rings. The van der Waals surface area contributed by atoms with Crippen LogP contribution in [-0.4, -0.2) is 140 Å². The highest BCUT2D eigenvalue weighted by Crippen LogP contribution is 2.30. The summed E-state index contributed by atoms with van der Waals surface area (Å²) in [4.78, 5) is 13.2. The molecule has 0 radical (unpaired) electrons. The molecule has 2 aliphatic rings. The van der Waals surface area contributed by atoms with Crippen molar-refractivity contribution in [2.75, 3.05) is 19.8 Å². The zero-order valence-electron chi connectivity index (χ0n) is 47.3. The standard InChI is InChI=1S/C64H103NO13/c1-3-5-7-9-11-12-13-14-15-16-17-18-19-20-21-22-23-24-25-26-27-28-29-30-31-32-33-34-35-36-37-38-39-40-42-44-46-48-56(69)65-52(53(68)47-45-43-41-10-8-6-4-2)51-75-63-61(74)59(72)62(55(50-67)77-63)78-64-60(73)58(71)57(70)54(49-66)76-64/h5,7-8,10-12,14-15,17-18,20-21,23-24,26-27,29-30,32-33,45,47,52-55,57-64,66-68,70-74H,3-4,6,9,13,16,19,22,25,28,31,34-44,46,48-51H2,1-2H3,(H,65,69)/b7-5-,10-8+,12-11-,15-14-,18-17-,21-20-,24-23-,27-26-,30-29-,33-32-,47-45+. The van der Waals surface area contributed by atoms with Crippen molar-refractivity contribution in [3.8, 4) is 0 Å². The van der Waals surface area contributed by atoms with E-state index in [1.165, 1.54) is 25.7 Å². The van der Waals surface area contributed by atoms with Crippen molar-refractivity contribution in [1.82, 2.24) is 5.32 Å². The summed E-state index contributed by atoms with van der Waals surface area (Å²) in [6.45, 7) is 2.50. The summed E-state index contributed by atoms with van der Waals surface area (Å²) in [6.07, 6.45) is 54.1. The first kappa shape index (κ1) is 70.2. The molecule has 0 saturated carbocycles. The van der Waals surface area contributed by atoms with E-state index in [1.807, 2.05) is 6.08 Å². The fraction of sp³-hybridized carbons (Fsp3) is 0.641. The van der Waals surface area contributed by atoms with E-state index in [0.29, 0.717) is 12.8 Å². The van der Waals surface area contributed by atoms with Gasteiger partial charge in [0.25, 0.3) is 0 Å². The maximum Gasteiger partial charge on any atom is 0.220 e. The van der Waals surface area contributed by atoms with Crippen LogP contribution in [0.4, 0.5) is 0 Å². The molecule has 14 heteroatoms. The second-order valence-electron chi connectivity index (χ2n) is 20.0. The highest BCUT2D eigenvalue weighted by molar-refractivity contribution is 5.76. The molecule has 0 aromatic carbocycles. The highest BCUT2D eigenvalue weighted by atomic mass is 16.7. The Morgan fingerprint density at radius 3 is 1.40 bits per heavy atom. The van der Waals surface area contributed by atoms with Gasteiger partial charge in [-0.3, -0.25) is 4.79 Å². The van der Waals surface area contributed by atoms with Gasteiger partial charge in [0.15, 0.2) is 12.6 Å². The molecule has 78 heavy (non-hydrogen) atoms. The third-order valence-corrected chi connectivity index (χ3v) is 13.3. The molecule has 2 aliphatic heterocycles. The van der Waals surface area contributed by atoms with E-state index in [1.54, 1.807) is 6.08 Å². The van der Waals surface area contributed by atoms with Gasteiger partial charge in [-0.15, -0.1) is 0 Å². The van der Waals surface area contributed by atoms with E-state index in [0.717, 1.165) is 109 Å². The van der Waals surface area contributed by atoms with Crippen LogP contribution in [0.1, 0.15) is 168 Å². The predicted molar refractivity (Wildman–Crippen MR) is 313 cm³/mol. The van der Waals surface area contributed by atoms with Gasteiger partial charge in [0, 0.05) is 6.42 Å². The molecule has 442 valence electrons. The zero-order chi connectivity index (χ0) is 56.7. The van der Waals surface area contributed by atoms with Crippen molar-refractivity contribution < 1.29 is 64.6 Å². The van der Waals surface area contributed by atoms with Gasteiger partial charge in [-0.2, -0.15) is 0 Å². The minimum absolute atomic E-state index is 0.256. The predicted octanol–water partition coefficient (Wildman–Crippen LogP) is 9.99. The molecular weight excluding hydrogens is 991 g/mol. The first-order valence-electron chi connectivity index (χ1n) is 29.4. The highest BCUT2D eigenvalue weighted by Gasteiger charge is 2.51. The molecule has 12 atom stereocenters. The Balaban J connectivity index is 1.60. The molecule has 2 saturated heterocycles. The third kappa shape index (κ3) is 33.0. The molecular formula is C64H103NO13. The molecule has 0 aromatic heterocycles. The molecule has 2 heterocycles. The van der Waals surface area contributed by atoms with Crippen LogP contribution in [-0.2, 0) is 23.7 Å².